The average molecular weight is 348 g/mol. The van der Waals surface area contributed by atoms with Crippen LogP contribution in [0.15, 0.2) is 40.1 Å². The first-order valence-corrected chi connectivity index (χ1v) is 7.40. The van der Waals surface area contributed by atoms with Crippen molar-refractivity contribution in [3.05, 3.63) is 51.3 Å². The summed E-state index contributed by atoms with van der Waals surface area (Å²) in [5.74, 6) is -2.97. The largest absolute Gasteiger partial charge is 0.504 e. The van der Waals surface area contributed by atoms with Crippen molar-refractivity contribution in [1.29, 1.82) is 0 Å². The van der Waals surface area contributed by atoms with Gasteiger partial charge in [-0.2, -0.15) is 0 Å². The highest BCUT2D eigenvalue weighted by molar-refractivity contribution is 7.91. The van der Waals surface area contributed by atoms with Crippen LogP contribution in [0.4, 0.5) is 10.1 Å². The summed E-state index contributed by atoms with van der Waals surface area (Å²) in [7, 11) is -4.38. The number of hydrogen-bond acceptors (Lipinski definition) is 6. The van der Waals surface area contributed by atoms with Crippen LogP contribution in [-0.4, -0.2) is 23.6 Å². The Morgan fingerprint density at radius 3 is 2.23 bits per heavy atom. The Morgan fingerprint density at radius 2 is 1.68 bits per heavy atom. The average Bonchev–Trinajstić information content (AvgIpc) is 2.40. The third-order valence-corrected chi connectivity index (χ3v) is 4.63. The van der Waals surface area contributed by atoms with E-state index in [1.165, 1.54) is 0 Å². The molecule has 0 aliphatic heterocycles. The maximum atomic E-state index is 13.3. The number of hydrogen-bond donors (Lipinski definition) is 2. The molecular formula is C12H7ClFNO6S. The minimum absolute atomic E-state index is 0.184. The van der Waals surface area contributed by atoms with Gasteiger partial charge < -0.3 is 10.2 Å². The molecule has 0 unspecified atom stereocenters. The quantitative estimate of drug-likeness (QED) is 0.500. The summed E-state index contributed by atoms with van der Waals surface area (Å²) in [5, 5.41) is 29.4. The lowest BCUT2D eigenvalue weighted by Gasteiger charge is -2.07. The molecule has 116 valence electrons. The molecule has 0 aliphatic rings. The van der Waals surface area contributed by atoms with Gasteiger partial charge in [-0.25, -0.2) is 12.8 Å². The summed E-state index contributed by atoms with van der Waals surface area (Å²) in [6.45, 7) is 0. The van der Waals surface area contributed by atoms with E-state index in [9.17, 15) is 33.1 Å². The molecule has 2 N–H and O–H groups in total. The second-order valence-electron chi connectivity index (χ2n) is 4.18. The van der Waals surface area contributed by atoms with Gasteiger partial charge in [0.15, 0.2) is 5.75 Å². The third kappa shape index (κ3) is 2.81. The van der Waals surface area contributed by atoms with Crippen LogP contribution in [0.1, 0.15) is 0 Å². The molecule has 0 aromatic heterocycles. The second-order valence-corrected chi connectivity index (χ2v) is 6.56. The van der Waals surface area contributed by atoms with Crippen LogP contribution in [0.25, 0.3) is 0 Å². The summed E-state index contributed by atoms with van der Waals surface area (Å²) in [6, 6.07) is 3.70. The van der Waals surface area contributed by atoms with Crippen LogP contribution in [0.3, 0.4) is 0 Å². The van der Waals surface area contributed by atoms with Crippen LogP contribution in [0, 0.1) is 15.9 Å². The third-order valence-electron chi connectivity index (χ3n) is 2.70. The lowest BCUT2D eigenvalue weighted by atomic mass is 10.3. The van der Waals surface area contributed by atoms with E-state index in [0.29, 0.717) is 18.2 Å². The lowest BCUT2D eigenvalue weighted by Crippen LogP contribution is -2.04. The number of nitro benzene ring substituents is 1. The number of nitrogens with zero attached hydrogens (tertiary/aromatic N) is 1. The van der Waals surface area contributed by atoms with Crippen molar-refractivity contribution in [2.75, 3.05) is 0 Å². The predicted octanol–water partition coefficient (Wildman–Crippen LogP) is 2.63. The number of nitro groups is 1. The zero-order valence-corrected chi connectivity index (χ0v) is 12.1. The van der Waals surface area contributed by atoms with Crippen LogP contribution >= 0.6 is 11.6 Å². The molecule has 2 aromatic rings. The number of benzene rings is 2. The molecule has 7 nitrogen and oxygen atoms in total. The van der Waals surface area contributed by atoms with Gasteiger partial charge >= 0.3 is 5.69 Å². The Labute approximate surface area is 128 Å². The van der Waals surface area contributed by atoms with Gasteiger partial charge in [0, 0.05) is 17.2 Å². The van der Waals surface area contributed by atoms with Crippen molar-refractivity contribution in [2.45, 2.75) is 9.79 Å². The van der Waals surface area contributed by atoms with Crippen molar-refractivity contribution in [3.8, 4) is 11.5 Å². The van der Waals surface area contributed by atoms with Crippen LogP contribution in [0.5, 0.6) is 11.5 Å². The molecule has 22 heavy (non-hydrogen) atoms. The lowest BCUT2D eigenvalue weighted by molar-refractivity contribution is -0.386. The molecule has 0 bridgehead atoms. The Balaban J connectivity index is 2.71. The molecule has 0 amide bonds. The molecule has 2 aromatic carbocycles. The Hall–Kier alpha value is -2.39. The molecule has 2 rings (SSSR count). The minimum Gasteiger partial charge on any atom is -0.504 e. The number of aromatic hydroxyl groups is 2. The number of rotatable bonds is 3. The molecule has 0 fully saturated rings. The number of sulfone groups is 1. The van der Waals surface area contributed by atoms with Crippen molar-refractivity contribution in [2.24, 2.45) is 0 Å². The van der Waals surface area contributed by atoms with Crippen molar-refractivity contribution in [3.63, 3.8) is 0 Å². The molecule has 0 saturated heterocycles. The van der Waals surface area contributed by atoms with E-state index in [1.54, 1.807) is 0 Å². The normalized spacial score (nSPS) is 11.4. The summed E-state index contributed by atoms with van der Waals surface area (Å²) in [5.41, 5.74) is -0.999. The van der Waals surface area contributed by atoms with Gasteiger partial charge in [-0.05, 0) is 18.2 Å². The summed E-state index contributed by atoms with van der Waals surface area (Å²) >= 11 is 5.58. The highest BCUT2D eigenvalue weighted by Gasteiger charge is 2.26. The van der Waals surface area contributed by atoms with Crippen LogP contribution in [0.2, 0.25) is 5.02 Å². The standard InChI is InChI=1S/C12H7ClFNO6S/c13-6-1-7(14)3-8(2-6)22(20,21)9-4-10(15(18)19)12(17)11(16)5-9/h1-5,16-17H. The number of phenolic OH excluding ortho intramolecular Hbond substituents is 2. The number of halogens is 2. The van der Waals surface area contributed by atoms with E-state index in [1.807, 2.05) is 0 Å². The summed E-state index contributed by atoms with van der Waals surface area (Å²) in [4.78, 5) is 8.46. The first-order chi connectivity index (χ1) is 10.1. The summed E-state index contributed by atoms with van der Waals surface area (Å²) < 4.78 is 38.0. The Morgan fingerprint density at radius 1 is 1.09 bits per heavy atom. The smallest absolute Gasteiger partial charge is 0.315 e. The topological polar surface area (TPSA) is 118 Å². The molecule has 0 heterocycles. The van der Waals surface area contributed by atoms with Crippen molar-refractivity contribution >= 4 is 27.1 Å². The fraction of sp³-hybridized carbons (Fsp3) is 0. The van der Waals surface area contributed by atoms with E-state index < -0.39 is 47.6 Å². The van der Waals surface area contributed by atoms with Gasteiger partial charge in [0.25, 0.3) is 0 Å². The zero-order chi connectivity index (χ0) is 16.7. The summed E-state index contributed by atoms with van der Waals surface area (Å²) in [6.07, 6.45) is 0. The molecule has 0 spiro atoms. The minimum atomic E-state index is -4.38. The highest BCUT2D eigenvalue weighted by Crippen LogP contribution is 2.39. The van der Waals surface area contributed by atoms with E-state index in [2.05, 4.69) is 0 Å². The van der Waals surface area contributed by atoms with Crippen LogP contribution < -0.4 is 0 Å². The molecule has 10 heteroatoms. The van der Waals surface area contributed by atoms with Crippen molar-refractivity contribution in [1.82, 2.24) is 0 Å². The fourth-order valence-electron chi connectivity index (χ4n) is 1.69. The SMILES string of the molecule is O=[N+]([O-])c1cc(S(=O)(=O)c2cc(F)cc(Cl)c2)cc(O)c1O. The van der Waals surface area contributed by atoms with E-state index in [4.69, 9.17) is 11.6 Å². The first-order valence-electron chi connectivity index (χ1n) is 5.54. The zero-order valence-electron chi connectivity index (χ0n) is 10.5. The van der Waals surface area contributed by atoms with Crippen LogP contribution in [-0.2, 0) is 9.84 Å². The first kappa shape index (κ1) is 16.0. The Kier molecular flexibility index (Phi) is 3.94. The molecule has 0 saturated carbocycles. The van der Waals surface area contributed by atoms with Gasteiger partial charge in [0.1, 0.15) is 5.82 Å². The van der Waals surface area contributed by atoms with Crippen molar-refractivity contribution < 1.29 is 27.9 Å². The van der Waals surface area contributed by atoms with E-state index in [-0.39, 0.29) is 5.02 Å². The van der Waals surface area contributed by atoms with Gasteiger partial charge in [0.05, 0.1) is 14.7 Å². The maximum Gasteiger partial charge on any atom is 0.315 e. The highest BCUT2D eigenvalue weighted by atomic mass is 35.5. The number of phenols is 2. The molecular weight excluding hydrogens is 341 g/mol. The molecule has 0 atom stereocenters. The maximum absolute atomic E-state index is 13.3. The van der Waals surface area contributed by atoms with E-state index >= 15 is 0 Å². The van der Waals surface area contributed by atoms with Gasteiger partial charge in [-0.3, -0.25) is 10.1 Å². The van der Waals surface area contributed by atoms with Gasteiger partial charge in [0.2, 0.25) is 15.6 Å². The molecule has 0 aliphatic carbocycles. The van der Waals surface area contributed by atoms with E-state index in [0.717, 1.165) is 12.1 Å². The van der Waals surface area contributed by atoms with Gasteiger partial charge in [-0.15, -0.1) is 0 Å². The monoisotopic (exact) mass is 347 g/mol. The fourth-order valence-corrected chi connectivity index (χ4v) is 3.34. The van der Waals surface area contributed by atoms with Gasteiger partial charge in [-0.1, -0.05) is 11.6 Å². The molecule has 0 radical (unpaired) electrons. The Bertz CT molecular complexity index is 863. The predicted molar refractivity (Wildman–Crippen MR) is 73.3 cm³/mol. The second kappa shape index (κ2) is 5.43.